The monoisotopic (exact) mass is 369 g/mol. The number of hydrogen-bond acceptors (Lipinski definition) is 3. The van der Waals surface area contributed by atoms with Crippen LogP contribution < -0.4 is 0 Å². The lowest BCUT2D eigenvalue weighted by molar-refractivity contribution is -0.155. The summed E-state index contributed by atoms with van der Waals surface area (Å²) in [5.41, 5.74) is 3.25. The number of esters is 1. The largest absolute Gasteiger partial charge is 0.449 e. The van der Waals surface area contributed by atoms with Crippen LogP contribution >= 0.6 is 11.6 Å². The Morgan fingerprint density at radius 1 is 1.12 bits per heavy atom. The molecule has 26 heavy (non-hydrogen) atoms. The Balaban J connectivity index is 1.55. The van der Waals surface area contributed by atoms with E-state index in [0.717, 1.165) is 17.5 Å². The molecule has 0 unspecified atom stereocenters. The summed E-state index contributed by atoms with van der Waals surface area (Å²) in [4.78, 5) is 26.3. The molecule has 0 saturated heterocycles. The molecule has 1 aliphatic heterocycles. The fourth-order valence-corrected chi connectivity index (χ4v) is 3.07. The Labute approximate surface area is 158 Å². The molecular formula is C21H20ClNO3. The van der Waals surface area contributed by atoms with Gasteiger partial charge in [-0.3, -0.25) is 4.79 Å². The molecule has 1 amide bonds. The van der Waals surface area contributed by atoms with E-state index < -0.39 is 12.1 Å². The van der Waals surface area contributed by atoms with Crippen LogP contribution in [0.25, 0.3) is 6.08 Å². The minimum absolute atomic E-state index is 0.173. The number of rotatable bonds is 4. The Morgan fingerprint density at radius 3 is 2.54 bits per heavy atom. The number of hydrogen-bond donors (Lipinski definition) is 0. The third-order valence-corrected chi connectivity index (χ3v) is 4.62. The van der Waals surface area contributed by atoms with Crippen LogP contribution in [0.2, 0.25) is 5.02 Å². The molecule has 134 valence electrons. The number of nitrogens with zero attached hydrogens (tertiary/aromatic N) is 1. The molecule has 0 aromatic heterocycles. The van der Waals surface area contributed by atoms with Crippen LogP contribution in [0.5, 0.6) is 0 Å². The first-order valence-electron chi connectivity index (χ1n) is 8.53. The number of carbonyl (C=O) groups is 2. The predicted octanol–water partition coefficient (Wildman–Crippen LogP) is 3.87. The van der Waals surface area contributed by atoms with Crippen molar-refractivity contribution in [3.05, 3.63) is 76.3 Å². The standard InChI is InChI=1S/C21H20ClNO3/c1-15(26-20(24)11-8-16-6-9-19(22)10-7-16)21(25)23-13-12-17-4-2-3-5-18(17)14-23/h2-11,15H,12-14H2,1H3/b11-8+/t15-/m1/s1. The molecule has 0 N–H and O–H groups in total. The van der Waals surface area contributed by atoms with Crippen molar-refractivity contribution in [1.29, 1.82) is 0 Å². The van der Waals surface area contributed by atoms with Gasteiger partial charge in [-0.15, -0.1) is 0 Å². The van der Waals surface area contributed by atoms with E-state index in [1.165, 1.54) is 11.6 Å². The first kappa shape index (κ1) is 18.2. The van der Waals surface area contributed by atoms with Crippen LogP contribution in [-0.4, -0.2) is 29.4 Å². The molecule has 1 atom stereocenters. The van der Waals surface area contributed by atoms with E-state index in [-0.39, 0.29) is 5.91 Å². The number of fused-ring (bicyclic) bond motifs is 1. The van der Waals surface area contributed by atoms with E-state index >= 15 is 0 Å². The van der Waals surface area contributed by atoms with Crippen molar-refractivity contribution in [3.8, 4) is 0 Å². The van der Waals surface area contributed by atoms with Gasteiger partial charge >= 0.3 is 5.97 Å². The van der Waals surface area contributed by atoms with E-state index in [0.29, 0.717) is 18.1 Å². The van der Waals surface area contributed by atoms with Crippen molar-refractivity contribution in [2.45, 2.75) is 26.0 Å². The minimum atomic E-state index is -0.817. The Kier molecular flexibility index (Phi) is 5.74. The summed E-state index contributed by atoms with van der Waals surface area (Å²) in [6, 6.07) is 15.2. The maximum absolute atomic E-state index is 12.6. The lowest BCUT2D eigenvalue weighted by Gasteiger charge is -2.30. The van der Waals surface area contributed by atoms with Crippen molar-refractivity contribution in [1.82, 2.24) is 4.90 Å². The van der Waals surface area contributed by atoms with Crippen LogP contribution in [0.15, 0.2) is 54.6 Å². The Morgan fingerprint density at radius 2 is 1.81 bits per heavy atom. The van der Waals surface area contributed by atoms with Gasteiger partial charge in [0.2, 0.25) is 0 Å². The van der Waals surface area contributed by atoms with Gasteiger partial charge in [0, 0.05) is 24.2 Å². The molecule has 3 rings (SSSR count). The number of benzene rings is 2. The lowest BCUT2D eigenvalue weighted by atomic mass is 9.99. The van der Waals surface area contributed by atoms with Gasteiger partial charge in [0.1, 0.15) is 0 Å². The zero-order chi connectivity index (χ0) is 18.5. The second kappa shape index (κ2) is 8.19. The maximum atomic E-state index is 12.6. The van der Waals surface area contributed by atoms with Crippen LogP contribution in [0, 0.1) is 0 Å². The van der Waals surface area contributed by atoms with E-state index in [1.807, 2.05) is 18.2 Å². The van der Waals surface area contributed by atoms with Crippen molar-refractivity contribution in [2.75, 3.05) is 6.54 Å². The second-order valence-corrected chi connectivity index (χ2v) is 6.68. The van der Waals surface area contributed by atoms with Gasteiger partial charge in [-0.25, -0.2) is 4.79 Å². The summed E-state index contributed by atoms with van der Waals surface area (Å²) < 4.78 is 5.26. The fourth-order valence-electron chi connectivity index (χ4n) is 2.94. The van der Waals surface area contributed by atoms with E-state index in [1.54, 1.807) is 42.2 Å². The molecule has 1 heterocycles. The van der Waals surface area contributed by atoms with Crippen molar-refractivity contribution < 1.29 is 14.3 Å². The highest BCUT2D eigenvalue weighted by molar-refractivity contribution is 6.30. The minimum Gasteiger partial charge on any atom is -0.449 e. The van der Waals surface area contributed by atoms with Crippen LogP contribution in [0.4, 0.5) is 0 Å². The number of halogens is 1. The normalized spacial score (nSPS) is 14.8. The van der Waals surface area contributed by atoms with E-state index in [9.17, 15) is 9.59 Å². The SMILES string of the molecule is C[C@@H](OC(=O)/C=C/c1ccc(Cl)cc1)C(=O)N1CCc2ccccc2C1. The van der Waals surface area contributed by atoms with Crippen LogP contribution in [-0.2, 0) is 27.3 Å². The highest BCUT2D eigenvalue weighted by Gasteiger charge is 2.26. The summed E-state index contributed by atoms with van der Waals surface area (Å²) >= 11 is 5.83. The van der Waals surface area contributed by atoms with Gasteiger partial charge < -0.3 is 9.64 Å². The molecule has 0 bridgehead atoms. The number of ether oxygens (including phenoxy) is 1. The van der Waals surface area contributed by atoms with Gasteiger partial charge in [0.05, 0.1) is 0 Å². The molecule has 0 fully saturated rings. The van der Waals surface area contributed by atoms with Gasteiger partial charge in [0.25, 0.3) is 5.91 Å². The van der Waals surface area contributed by atoms with Crippen molar-refractivity contribution >= 4 is 29.6 Å². The van der Waals surface area contributed by atoms with Crippen LogP contribution in [0.3, 0.4) is 0 Å². The smallest absolute Gasteiger partial charge is 0.331 e. The molecule has 0 aliphatic carbocycles. The Hall–Kier alpha value is -2.59. The van der Waals surface area contributed by atoms with Gasteiger partial charge in [-0.05, 0) is 48.2 Å². The molecule has 5 heteroatoms. The summed E-state index contributed by atoms with van der Waals surface area (Å²) in [7, 11) is 0. The lowest BCUT2D eigenvalue weighted by Crippen LogP contribution is -2.42. The predicted molar refractivity (Wildman–Crippen MR) is 102 cm³/mol. The van der Waals surface area contributed by atoms with E-state index in [4.69, 9.17) is 16.3 Å². The number of carbonyl (C=O) groups excluding carboxylic acids is 2. The summed E-state index contributed by atoms with van der Waals surface area (Å²) in [6.45, 7) is 2.80. The zero-order valence-corrected chi connectivity index (χ0v) is 15.3. The summed E-state index contributed by atoms with van der Waals surface area (Å²) in [5.74, 6) is -0.717. The van der Waals surface area contributed by atoms with Gasteiger partial charge in [-0.2, -0.15) is 0 Å². The van der Waals surface area contributed by atoms with Crippen LogP contribution in [0.1, 0.15) is 23.6 Å². The fraction of sp³-hybridized carbons (Fsp3) is 0.238. The number of amides is 1. The summed E-state index contributed by atoms with van der Waals surface area (Å²) in [5, 5.41) is 0.632. The first-order valence-corrected chi connectivity index (χ1v) is 8.90. The highest BCUT2D eigenvalue weighted by Crippen LogP contribution is 2.19. The van der Waals surface area contributed by atoms with Crippen molar-refractivity contribution in [2.24, 2.45) is 0 Å². The molecule has 0 saturated carbocycles. The zero-order valence-electron chi connectivity index (χ0n) is 14.5. The molecule has 4 nitrogen and oxygen atoms in total. The third kappa shape index (κ3) is 4.52. The van der Waals surface area contributed by atoms with E-state index in [2.05, 4.69) is 6.07 Å². The first-order chi connectivity index (χ1) is 12.5. The third-order valence-electron chi connectivity index (χ3n) is 4.36. The van der Waals surface area contributed by atoms with Gasteiger partial charge in [0.15, 0.2) is 6.10 Å². The molecule has 0 spiro atoms. The average Bonchev–Trinajstić information content (AvgIpc) is 2.66. The van der Waals surface area contributed by atoms with Crippen molar-refractivity contribution in [3.63, 3.8) is 0 Å². The average molecular weight is 370 g/mol. The van der Waals surface area contributed by atoms with Gasteiger partial charge in [-0.1, -0.05) is 48.0 Å². The highest BCUT2D eigenvalue weighted by atomic mass is 35.5. The molecule has 2 aromatic rings. The molecule has 2 aromatic carbocycles. The summed E-state index contributed by atoms with van der Waals surface area (Å²) in [6.07, 6.45) is 2.95. The quantitative estimate of drug-likeness (QED) is 0.607. The molecule has 0 radical (unpaired) electrons. The second-order valence-electron chi connectivity index (χ2n) is 6.24. The Bertz CT molecular complexity index is 829. The molecule has 1 aliphatic rings. The topological polar surface area (TPSA) is 46.6 Å². The molecular weight excluding hydrogens is 350 g/mol. The maximum Gasteiger partial charge on any atom is 0.331 e.